The molecule has 0 unspecified atom stereocenters. The minimum absolute atomic E-state index is 0.0787. The van der Waals surface area contributed by atoms with Gasteiger partial charge < -0.3 is 10.6 Å². The van der Waals surface area contributed by atoms with Crippen LogP contribution < -0.4 is 10.6 Å². The first-order valence-corrected chi connectivity index (χ1v) is 6.29. The van der Waals surface area contributed by atoms with E-state index < -0.39 is 4.92 Å². The Morgan fingerprint density at radius 1 is 1.38 bits per heavy atom. The minimum atomic E-state index is -0.544. The predicted octanol–water partition coefficient (Wildman–Crippen LogP) is 1.06. The van der Waals surface area contributed by atoms with Crippen molar-refractivity contribution in [2.24, 2.45) is 7.05 Å². The van der Waals surface area contributed by atoms with Gasteiger partial charge in [0.05, 0.1) is 11.5 Å². The van der Waals surface area contributed by atoms with Gasteiger partial charge in [0.1, 0.15) is 6.20 Å². The maximum absolute atomic E-state index is 11.7. The third-order valence-corrected chi connectivity index (χ3v) is 2.76. The fraction of sp³-hybridized carbons (Fsp3) is 0.231. The Bertz CT molecular complexity index is 639. The number of aryl methyl sites for hydroxylation is 1. The highest BCUT2D eigenvalue weighted by atomic mass is 16.6. The van der Waals surface area contributed by atoms with E-state index in [1.807, 2.05) is 30.3 Å². The van der Waals surface area contributed by atoms with Crippen LogP contribution in [0.25, 0.3) is 0 Å². The molecule has 0 fully saturated rings. The van der Waals surface area contributed by atoms with Gasteiger partial charge in [0.25, 0.3) is 0 Å². The van der Waals surface area contributed by atoms with Crippen molar-refractivity contribution in [3.8, 4) is 0 Å². The molecule has 2 aromatic rings. The third-order valence-electron chi connectivity index (χ3n) is 2.76. The van der Waals surface area contributed by atoms with Gasteiger partial charge in [-0.2, -0.15) is 0 Å². The van der Waals surface area contributed by atoms with Crippen LogP contribution in [-0.2, 0) is 18.4 Å². The van der Waals surface area contributed by atoms with Crippen LogP contribution in [0.1, 0.15) is 5.56 Å². The second-order valence-corrected chi connectivity index (χ2v) is 4.41. The average molecular weight is 289 g/mol. The average Bonchev–Trinajstić information content (AvgIpc) is 2.85. The molecule has 0 aliphatic carbocycles. The number of nitrogens with zero attached hydrogens (tertiary/aromatic N) is 3. The van der Waals surface area contributed by atoms with E-state index in [4.69, 9.17) is 0 Å². The number of carbonyl (C=O) groups is 1. The molecule has 0 saturated carbocycles. The van der Waals surface area contributed by atoms with Crippen LogP contribution in [0.3, 0.4) is 0 Å². The number of nitro groups is 1. The summed E-state index contributed by atoms with van der Waals surface area (Å²) in [6.07, 6.45) is 1.28. The second-order valence-electron chi connectivity index (χ2n) is 4.41. The van der Waals surface area contributed by atoms with Crippen LogP contribution in [0.2, 0.25) is 0 Å². The lowest BCUT2D eigenvalue weighted by Crippen LogP contribution is -2.29. The summed E-state index contributed by atoms with van der Waals surface area (Å²) in [4.78, 5) is 22.0. The number of hydrogen-bond acceptors (Lipinski definition) is 5. The fourth-order valence-corrected chi connectivity index (χ4v) is 1.76. The Balaban J connectivity index is 1.85. The zero-order valence-electron chi connectivity index (χ0n) is 11.4. The van der Waals surface area contributed by atoms with Gasteiger partial charge in [-0.25, -0.2) is 0 Å². The molecule has 0 saturated heterocycles. The van der Waals surface area contributed by atoms with E-state index in [1.54, 1.807) is 7.05 Å². The van der Waals surface area contributed by atoms with Crippen LogP contribution in [-0.4, -0.2) is 27.2 Å². The number of benzene rings is 1. The molecule has 0 aliphatic rings. The van der Waals surface area contributed by atoms with E-state index in [0.29, 0.717) is 6.54 Å². The maximum atomic E-state index is 11.7. The standard InChI is InChI=1S/C13H15N5O3/c1-17-9-11(18(20)21)13(16-17)15-8-12(19)14-7-10-5-3-2-4-6-10/h2-6,9H,7-8H2,1H3,(H,14,19)(H,15,16). The molecular weight excluding hydrogens is 274 g/mol. The molecule has 2 N–H and O–H groups in total. The van der Waals surface area contributed by atoms with Crippen molar-refractivity contribution in [1.29, 1.82) is 0 Å². The van der Waals surface area contributed by atoms with Gasteiger partial charge in [-0.05, 0) is 5.56 Å². The van der Waals surface area contributed by atoms with E-state index in [2.05, 4.69) is 15.7 Å². The number of amides is 1. The lowest BCUT2D eigenvalue weighted by Gasteiger charge is -2.06. The molecule has 0 aliphatic heterocycles. The van der Waals surface area contributed by atoms with Gasteiger partial charge in [-0.15, -0.1) is 5.10 Å². The minimum Gasteiger partial charge on any atom is -0.354 e. The van der Waals surface area contributed by atoms with Crippen LogP contribution in [0.15, 0.2) is 36.5 Å². The van der Waals surface area contributed by atoms with Crippen molar-refractivity contribution < 1.29 is 9.72 Å². The molecule has 0 atom stereocenters. The Morgan fingerprint density at radius 2 is 2.10 bits per heavy atom. The van der Waals surface area contributed by atoms with Crippen molar-refractivity contribution in [2.45, 2.75) is 6.54 Å². The Morgan fingerprint density at radius 3 is 2.76 bits per heavy atom. The van der Waals surface area contributed by atoms with E-state index in [1.165, 1.54) is 10.9 Å². The number of anilines is 1. The first-order chi connectivity index (χ1) is 10.1. The smallest absolute Gasteiger partial charge is 0.330 e. The molecule has 1 aromatic carbocycles. The molecular formula is C13H15N5O3. The van der Waals surface area contributed by atoms with Crippen LogP contribution in [0.4, 0.5) is 11.5 Å². The molecule has 1 aromatic heterocycles. The molecule has 110 valence electrons. The van der Waals surface area contributed by atoms with Gasteiger partial charge >= 0.3 is 5.69 Å². The Labute approximate surface area is 120 Å². The molecule has 0 radical (unpaired) electrons. The maximum Gasteiger partial charge on any atom is 0.330 e. The van der Waals surface area contributed by atoms with Gasteiger partial charge in [0.15, 0.2) is 0 Å². The van der Waals surface area contributed by atoms with Crippen molar-refractivity contribution >= 4 is 17.4 Å². The van der Waals surface area contributed by atoms with E-state index in [9.17, 15) is 14.9 Å². The summed E-state index contributed by atoms with van der Waals surface area (Å²) in [5, 5.41) is 20.1. The zero-order valence-corrected chi connectivity index (χ0v) is 11.4. The fourth-order valence-electron chi connectivity index (χ4n) is 1.76. The Hall–Kier alpha value is -2.90. The van der Waals surface area contributed by atoms with Crippen LogP contribution in [0.5, 0.6) is 0 Å². The van der Waals surface area contributed by atoms with E-state index in [0.717, 1.165) is 5.56 Å². The van der Waals surface area contributed by atoms with Crippen molar-refractivity contribution in [1.82, 2.24) is 15.1 Å². The van der Waals surface area contributed by atoms with Gasteiger partial charge in [0.2, 0.25) is 11.7 Å². The molecule has 1 heterocycles. The third kappa shape index (κ3) is 4.03. The van der Waals surface area contributed by atoms with Gasteiger partial charge in [0, 0.05) is 13.6 Å². The van der Waals surface area contributed by atoms with Crippen molar-refractivity contribution in [2.75, 3.05) is 11.9 Å². The summed E-state index contributed by atoms with van der Waals surface area (Å²) in [6.45, 7) is 0.330. The highest BCUT2D eigenvalue weighted by Gasteiger charge is 2.18. The number of nitrogens with one attached hydrogen (secondary N) is 2. The van der Waals surface area contributed by atoms with E-state index in [-0.39, 0.29) is 24.0 Å². The number of rotatable bonds is 6. The number of hydrogen-bond donors (Lipinski definition) is 2. The topological polar surface area (TPSA) is 102 Å². The van der Waals surface area contributed by atoms with E-state index >= 15 is 0 Å². The van der Waals surface area contributed by atoms with Crippen molar-refractivity contribution in [3.63, 3.8) is 0 Å². The number of carbonyl (C=O) groups excluding carboxylic acids is 1. The summed E-state index contributed by atoms with van der Waals surface area (Å²) in [6, 6.07) is 9.47. The molecule has 8 heteroatoms. The normalized spacial score (nSPS) is 10.1. The van der Waals surface area contributed by atoms with Crippen molar-refractivity contribution in [3.05, 3.63) is 52.2 Å². The number of aromatic nitrogens is 2. The zero-order chi connectivity index (χ0) is 15.2. The molecule has 2 rings (SSSR count). The van der Waals surface area contributed by atoms with Crippen LogP contribution >= 0.6 is 0 Å². The first kappa shape index (κ1) is 14.5. The first-order valence-electron chi connectivity index (χ1n) is 6.29. The summed E-state index contributed by atoms with van der Waals surface area (Å²) >= 11 is 0. The lowest BCUT2D eigenvalue weighted by molar-refractivity contribution is -0.384. The predicted molar refractivity (Wildman–Crippen MR) is 76.6 cm³/mol. The monoisotopic (exact) mass is 289 g/mol. The largest absolute Gasteiger partial charge is 0.354 e. The second kappa shape index (κ2) is 6.51. The molecule has 21 heavy (non-hydrogen) atoms. The molecule has 8 nitrogen and oxygen atoms in total. The molecule has 1 amide bonds. The summed E-state index contributed by atoms with van der Waals surface area (Å²) in [5.74, 6) is -0.184. The highest BCUT2D eigenvalue weighted by Crippen LogP contribution is 2.20. The lowest BCUT2D eigenvalue weighted by atomic mass is 10.2. The highest BCUT2D eigenvalue weighted by molar-refractivity contribution is 5.81. The Kier molecular flexibility index (Phi) is 4.50. The molecule has 0 bridgehead atoms. The summed E-state index contributed by atoms with van der Waals surface area (Å²) < 4.78 is 1.32. The summed E-state index contributed by atoms with van der Waals surface area (Å²) in [7, 11) is 1.58. The SMILES string of the molecule is Cn1cc([N+](=O)[O-])c(NCC(=O)NCc2ccccc2)n1. The van der Waals surface area contributed by atoms with Gasteiger partial charge in [-0.3, -0.25) is 19.6 Å². The van der Waals surface area contributed by atoms with Crippen LogP contribution in [0, 0.1) is 10.1 Å². The molecule has 0 spiro atoms. The summed E-state index contributed by atoms with van der Waals surface area (Å²) in [5.41, 5.74) is 0.822. The quantitative estimate of drug-likeness (QED) is 0.611. The van der Waals surface area contributed by atoms with Gasteiger partial charge in [-0.1, -0.05) is 30.3 Å².